The fraction of sp³-hybridized carbons (Fsp3) is 0. The molecule has 0 spiro atoms. The molecule has 0 aromatic rings. The molecule has 0 heterocycles. The van der Waals surface area contributed by atoms with Crippen molar-refractivity contribution in [3.63, 3.8) is 0 Å². The van der Waals surface area contributed by atoms with E-state index in [0.717, 1.165) is 0 Å². The van der Waals surface area contributed by atoms with Gasteiger partial charge in [0, 0.05) is 32.7 Å². The molecule has 6 heteroatoms. The van der Waals surface area contributed by atoms with Gasteiger partial charge in [-0.1, -0.05) is 0 Å². The predicted molar refractivity (Wildman–Crippen MR) is 28.2 cm³/mol. The van der Waals surface area contributed by atoms with Gasteiger partial charge in [-0.15, -0.1) is 0 Å². The van der Waals surface area contributed by atoms with Crippen LogP contribution in [-0.4, -0.2) is 22.7 Å². The van der Waals surface area contributed by atoms with Gasteiger partial charge in [0.2, 0.25) is 0 Å². The number of nitrogens with zero attached hydrogens (tertiary/aromatic N) is 2. The van der Waals surface area contributed by atoms with Crippen molar-refractivity contribution in [2.24, 2.45) is 0 Å². The SMILES string of the molecule is [CH2-]NC(=O)C(=O)C=[N+]=[N-].[Y]. The molecule has 0 aromatic heterocycles. The van der Waals surface area contributed by atoms with Crippen molar-refractivity contribution in [1.29, 1.82) is 0 Å². The molecule has 0 saturated carbocycles. The van der Waals surface area contributed by atoms with Crippen LogP contribution in [0.5, 0.6) is 0 Å². The first-order chi connectivity index (χ1) is 4.22. The number of hydrogen-bond donors (Lipinski definition) is 1. The van der Waals surface area contributed by atoms with E-state index in [2.05, 4.69) is 11.8 Å². The smallest absolute Gasteiger partial charge is 0.333 e. The molecule has 0 aliphatic carbocycles. The van der Waals surface area contributed by atoms with Crippen LogP contribution in [0.25, 0.3) is 5.53 Å². The zero-order valence-corrected chi connectivity index (χ0v) is 7.91. The Morgan fingerprint density at radius 2 is 2.10 bits per heavy atom. The van der Waals surface area contributed by atoms with E-state index in [9.17, 15) is 9.59 Å². The summed E-state index contributed by atoms with van der Waals surface area (Å²) in [6, 6.07) is 0. The summed E-state index contributed by atoms with van der Waals surface area (Å²) in [4.78, 5) is 22.7. The molecule has 1 amide bonds. The second-order valence-corrected chi connectivity index (χ2v) is 1.11. The van der Waals surface area contributed by atoms with Crippen LogP contribution < -0.4 is 5.32 Å². The van der Waals surface area contributed by atoms with E-state index in [1.54, 1.807) is 0 Å². The first-order valence-corrected chi connectivity index (χ1v) is 2.01. The van der Waals surface area contributed by atoms with E-state index in [4.69, 9.17) is 5.53 Å². The Morgan fingerprint density at radius 3 is 2.40 bits per heavy atom. The van der Waals surface area contributed by atoms with E-state index >= 15 is 0 Å². The monoisotopic (exact) mass is 215 g/mol. The summed E-state index contributed by atoms with van der Waals surface area (Å²) >= 11 is 0. The Balaban J connectivity index is 0. The Bertz CT molecular complexity index is 185. The van der Waals surface area contributed by atoms with E-state index in [1.165, 1.54) is 0 Å². The van der Waals surface area contributed by atoms with Gasteiger partial charge >= 0.3 is 12.0 Å². The Kier molecular flexibility index (Phi) is 8.30. The fourth-order valence-electron chi connectivity index (χ4n) is 0.198. The third-order valence-electron chi connectivity index (χ3n) is 0.559. The molecule has 0 bridgehead atoms. The van der Waals surface area contributed by atoms with Gasteiger partial charge in [-0.05, 0) is 0 Å². The van der Waals surface area contributed by atoms with Crippen molar-refractivity contribution in [2.45, 2.75) is 0 Å². The molecule has 0 unspecified atom stereocenters. The molecule has 1 N–H and O–H groups in total. The Labute approximate surface area is 82.7 Å². The van der Waals surface area contributed by atoms with Crippen LogP contribution in [-0.2, 0) is 42.3 Å². The van der Waals surface area contributed by atoms with Crippen molar-refractivity contribution < 1.29 is 47.1 Å². The molecular weight excluding hydrogens is 211 g/mol. The summed E-state index contributed by atoms with van der Waals surface area (Å²) in [5, 5.41) is 1.81. The Morgan fingerprint density at radius 1 is 1.60 bits per heavy atom. The molecule has 0 aromatic carbocycles. The van der Waals surface area contributed by atoms with Crippen molar-refractivity contribution in [3.8, 4) is 0 Å². The number of carbonyl (C=O) groups excluding carboxylic acids is 2. The van der Waals surface area contributed by atoms with Crippen LogP contribution in [0.1, 0.15) is 0 Å². The maximum Gasteiger partial charge on any atom is 0.333 e. The van der Waals surface area contributed by atoms with Crippen LogP contribution in [0.15, 0.2) is 0 Å². The number of amides is 1. The Hall–Kier alpha value is -0.376. The normalized spacial score (nSPS) is 6.50. The maximum absolute atomic E-state index is 10.2. The number of carbonyl (C=O) groups is 2. The molecule has 51 valence electrons. The summed E-state index contributed by atoms with van der Waals surface area (Å²) in [7, 11) is 2.93. The largest absolute Gasteiger partial charge is 0.501 e. The molecule has 0 rings (SSSR count). The zero-order valence-electron chi connectivity index (χ0n) is 5.07. The topological polar surface area (TPSA) is 82.6 Å². The fourth-order valence-corrected chi connectivity index (χ4v) is 0.198. The number of ketones is 1. The minimum atomic E-state index is -0.937. The van der Waals surface area contributed by atoms with Crippen molar-refractivity contribution in [2.75, 3.05) is 0 Å². The zero-order chi connectivity index (χ0) is 7.28. The number of Topliss-reactive ketones (excluding diaryl/α,β-unsaturated/α-hetero) is 1. The van der Waals surface area contributed by atoms with Crippen molar-refractivity contribution in [3.05, 3.63) is 12.6 Å². The summed E-state index contributed by atoms with van der Waals surface area (Å²) < 4.78 is 0. The van der Waals surface area contributed by atoms with E-state index in [1.807, 2.05) is 5.32 Å². The molecule has 0 aliphatic rings. The van der Waals surface area contributed by atoms with Gasteiger partial charge in [0.25, 0.3) is 5.91 Å². The molecule has 10 heavy (non-hydrogen) atoms. The van der Waals surface area contributed by atoms with Gasteiger partial charge in [-0.25, -0.2) is 0 Å². The number of hydrogen-bond acceptors (Lipinski definition) is 2. The summed E-state index contributed by atoms with van der Waals surface area (Å²) in [5.41, 5.74) is 7.73. The second kappa shape index (κ2) is 6.74. The second-order valence-electron chi connectivity index (χ2n) is 1.11. The summed E-state index contributed by atoms with van der Waals surface area (Å²) in [6.07, 6.45) is 0.487. The maximum atomic E-state index is 10.2. The predicted octanol–water partition coefficient (Wildman–Crippen LogP) is -1.24. The first-order valence-electron chi connectivity index (χ1n) is 2.01. The summed E-state index contributed by atoms with van der Waals surface area (Å²) in [6.45, 7) is 0. The van der Waals surface area contributed by atoms with Crippen LogP contribution in [0.3, 0.4) is 0 Å². The first kappa shape index (κ1) is 12.3. The van der Waals surface area contributed by atoms with Gasteiger partial charge in [0.1, 0.15) is 0 Å². The van der Waals surface area contributed by atoms with E-state index < -0.39 is 11.7 Å². The molecule has 5 nitrogen and oxygen atoms in total. The third-order valence-corrected chi connectivity index (χ3v) is 0.559. The van der Waals surface area contributed by atoms with Crippen LogP contribution >= 0.6 is 0 Å². The van der Waals surface area contributed by atoms with Gasteiger partial charge in [0.15, 0.2) is 0 Å². The van der Waals surface area contributed by atoms with Gasteiger partial charge in [-0.3, -0.25) is 16.6 Å². The summed E-state index contributed by atoms with van der Waals surface area (Å²) in [5.74, 6) is -1.85. The molecule has 0 fully saturated rings. The van der Waals surface area contributed by atoms with Crippen molar-refractivity contribution in [1.82, 2.24) is 5.32 Å². The van der Waals surface area contributed by atoms with Gasteiger partial charge in [0.05, 0.1) is 0 Å². The molecule has 0 aliphatic heterocycles. The van der Waals surface area contributed by atoms with Gasteiger partial charge < -0.3 is 10.8 Å². The molecule has 0 atom stereocenters. The van der Waals surface area contributed by atoms with Crippen LogP contribution in [0, 0.1) is 7.05 Å². The minimum absolute atomic E-state index is 0. The van der Waals surface area contributed by atoms with Crippen LogP contribution in [0.4, 0.5) is 0 Å². The average Bonchev–Trinajstić information content (AvgIpc) is 1.87. The molecular formula is C4H4N3O2Y-. The quantitative estimate of drug-likeness (QED) is 0.205. The third kappa shape index (κ3) is 4.50. The number of rotatable bonds is 2. The average molecular weight is 215 g/mol. The van der Waals surface area contributed by atoms with E-state index in [0.29, 0.717) is 6.21 Å². The van der Waals surface area contributed by atoms with Crippen molar-refractivity contribution >= 4 is 17.9 Å². The minimum Gasteiger partial charge on any atom is -0.501 e. The van der Waals surface area contributed by atoms with Gasteiger partial charge in [-0.2, -0.15) is 4.79 Å². The van der Waals surface area contributed by atoms with E-state index in [-0.39, 0.29) is 32.7 Å². The number of nitrogens with one attached hydrogen (secondary N) is 1. The molecule has 0 saturated heterocycles. The molecule has 1 radical (unpaired) electrons. The standard InChI is InChI=1S/C4H4N3O2.Y/c1-6-4(9)3(8)2-7-5;/h2H,1H2,(H,6,9);/q-1;. The van der Waals surface area contributed by atoms with Crippen LogP contribution in [0.2, 0.25) is 0 Å².